The molecule has 5 rings (SSSR count). The molecule has 1 saturated carbocycles. The van der Waals surface area contributed by atoms with Gasteiger partial charge in [0.25, 0.3) is 5.91 Å². The van der Waals surface area contributed by atoms with E-state index in [0.717, 1.165) is 48.7 Å². The van der Waals surface area contributed by atoms with E-state index in [-0.39, 0.29) is 23.9 Å². The number of fused-ring (bicyclic) bond motifs is 3. The summed E-state index contributed by atoms with van der Waals surface area (Å²) in [5.74, 6) is -0.0523. The van der Waals surface area contributed by atoms with E-state index in [1.54, 1.807) is 11.3 Å². The highest BCUT2D eigenvalue weighted by molar-refractivity contribution is 7.17. The standard InChI is InChI=1S/C27H33N3O2S/c1-19(13-14-20-9-5-3-6-10-20)30-25(31)23-17-24-22(15-16-33-24)29(23)18-27(30,2)26(32)28-21-11-7-4-8-12-21/h3,5-6,9-10,15-17,19,21H,4,7-8,11-14,18H2,1-2H3,(H,28,32)/t19-,27-/m0/s1. The van der Waals surface area contributed by atoms with Crippen LogP contribution in [0.25, 0.3) is 10.2 Å². The molecule has 3 heterocycles. The molecule has 1 aromatic carbocycles. The second kappa shape index (κ2) is 8.98. The van der Waals surface area contributed by atoms with E-state index in [0.29, 0.717) is 12.2 Å². The van der Waals surface area contributed by atoms with Crippen molar-refractivity contribution in [1.82, 2.24) is 14.8 Å². The first kappa shape index (κ1) is 22.2. The summed E-state index contributed by atoms with van der Waals surface area (Å²) in [4.78, 5) is 29.6. The van der Waals surface area contributed by atoms with Crippen molar-refractivity contribution < 1.29 is 9.59 Å². The van der Waals surface area contributed by atoms with Gasteiger partial charge < -0.3 is 14.8 Å². The largest absolute Gasteiger partial charge is 0.351 e. The lowest BCUT2D eigenvalue weighted by Crippen LogP contribution is -2.67. The number of rotatable bonds is 6. The Morgan fingerprint density at radius 2 is 1.94 bits per heavy atom. The van der Waals surface area contributed by atoms with Crippen LogP contribution in [0.4, 0.5) is 0 Å². The number of hydrogen-bond donors (Lipinski definition) is 1. The Morgan fingerprint density at radius 3 is 2.70 bits per heavy atom. The zero-order valence-corrected chi connectivity index (χ0v) is 20.4. The number of carbonyl (C=O) groups excluding carboxylic acids is 2. The first-order chi connectivity index (χ1) is 16.0. The molecule has 1 fully saturated rings. The van der Waals surface area contributed by atoms with Crippen LogP contribution in [-0.2, 0) is 17.8 Å². The summed E-state index contributed by atoms with van der Waals surface area (Å²) in [5, 5.41) is 5.38. The second-order valence-corrected chi connectivity index (χ2v) is 10.9. The van der Waals surface area contributed by atoms with Gasteiger partial charge in [-0.15, -0.1) is 11.3 Å². The highest BCUT2D eigenvalue weighted by atomic mass is 32.1. The highest BCUT2D eigenvalue weighted by Gasteiger charge is 2.49. The van der Waals surface area contributed by atoms with Crippen LogP contribution in [0, 0.1) is 0 Å². The molecule has 0 unspecified atom stereocenters. The number of aryl methyl sites for hydroxylation is 1. The van der Waals surface area contributed by atoms with Gasteiger partial charge in [0.15, 0.2) is 0 Å². The third kappa shape index (κ3) is 4.10. The third-order valence-electron chi connectivity index (χ3n) is 7.52. The van der Waals surface area contributed by atoms with Crippen molar-refractivity contribution in [3.8, 4) is 0 Å². The molecule has 1 aliphatic heterocycles. The number of amides is 2. The summed E-state index contributed by atoms with van der Waals surface area (Å²) in [7, 11) is 0. The molecule has 0 saturated heterocycles. The summed E-state index contributed by atoms with van der Waals surface area (Å²) >= 11 is 1.64. The van der Waals surface area contributed by atoms with Gasteiger partial charge >= 0.3 is 0 Å². The van der Waals surface area contributed by atoms with Gasteiger partial charge in [-0.05, 0) is 62.6 Å². The molecule has 3 aromatic rings. The normalized spacial score (nSPS) is 22.4. The Balaban J connectivity index is 1.46. The van der Waals surface area contributed by atoms with Gasteiger partial charge in [0.05, 0.1) is 16.8 Å². The molecule has 2 aromatic heterocycles. The van der Waals surface area contributed by atoms with Crippen LogP contribution in [0.2, 0.25) is 0 Å². The zero-order chi connectivity index (χ0) is 23.0. The van der Waals surface area contributed by atoms with Gasteiger partial charge in [-0.1, -0.05) is 49.6 Å². The molecule has 1 aliphatic carbocycles. The van der Waals surface area contributed by atoms with E-state index >= 15 is 0 Å². The second-order valence-electron chi connectivity index (χ2n) is 9.92. The number of thiophene rings is 1. The lowest BCUT2D eigenvalue weighted by molar-refractivity contribution is -0.135. The summed E-state index contributed by atoms with van der Waals surface area (Å²) < 4.78 is 3.17. The average molecular weight is 464 g/mol. The van der Waals surface area contributed by atoms with Gasteiger partial charge in [-0.3, -0.25) is 9.59 Å². The number of nitrogens with zero attached hydrogens (tertiary/aromatic N) is 2. The quantitative estimate of drug-likeness (QED) is 0.533. The minimum atomic E-state index is -0.925. The van der Waals surface area contributed by atoms with Crippen molar-refractivity contribution in [1.29, 1.82) is 0 Å². The zero-order valence-electron chi connectivity index (χ0n) is 19.5. The monoisotopic (exact) mass is 463 g/mol. The number of aromatic nitrogens is 1. The maximum atomic E-state index is 13.9. The number of nitrogens with one attached hydrogen (secondary N) is 1. The van der Waals surface area contributed by atoms with Crippen LogP contribution in [0.3, 0.4) is 0 Å². The molecule has 2 amide bonds. The van der Waals surface area contributed by atoms with Crippen molar-refractivity contribution in [2.45, 2.75) is 83.0 Å². The van der Waals surface area contributed by atoms with Gasteiger partial charge in [-0.2, -0.15) is 0 Å². The van der Waals surface area contributed by atoms with Crippen LogP contribution in [-0.4, -0.2) is 38.9 Å². The Hall–Kier alpha value is -2.60. The molecule has 6 heteroatoms. The number of carbonyl (C=O) groups is 2. The van der Waals surface area contributed by atoms with E-state index in [9.17, 15) is 9.59 Å². The van der Waals surface area contributed by atoms with E-state index in [1.807, 2.05) is 36.1 Å². The third-order valence-corrected chi connectivity index (χ3v) is 8.38. The first-order valence-corrected chi connectivity index (χ1v) is 13.1. The Labute approximate surface area is 199 Å². The maximum absolute atomic E-state index is 13.9. The average Bonchev–Trinajstić information content (AvgIpc) is 3.42. The minimum absolute atomic E-state index is 0.0166. The predicted molar refractivity (Wildman–Crippen MR) is 134 cm³/mol. The van der Waals surface area contributed by atoms with Crippen molar-refractivity contribution in [2.24, 2.45) is 0 Å². The molecule has 5 nitrogen and oxygen atoms in total. The topological polar surface area (TPSA) is 54.3 Å². The fourth-order valence-electron chi connectivity index (χ4n) is 5.66. The minimum Gasteiger partial charge on any atom is -0.351 e. The molecular weight excluding hydrogens is 430 g/mol. The van der Waals surface area contributed by atoms with Crippen molar-refractivity contribution in [3.63, 3.8) is 0 Å². The van der Waals surface area contributed by atoms with Crippen molar-refractivity contribution in [3.05, 3.63) is 59.1 Å². The lowest BCUT2D eigenvalue weighted by atomic mass is 9.89. The molecule has 174 valence electrons. The highest BCUT2D eigenvalue weighted by Crippen LogP contribution is 2.36. The van der Waals surface area contributed by atoms with Crippen LogP contribution >= 0.6 is 11.3 Å². The smallest absolute Gasteiger partial charge is 0.271 e. The Bertz CT molecular complexity index is 1140. The summed E-state index contributed by atoms with van der Waals surface area (Å²) in [6.07, 6.45) is 7.32. The maximum Gasteiger partial charge on any atom is 0.271 e. The first-order valence-electron chi connectivity index (χ1n) is 12.2. The fourth-order valence-corrected chi connectivity index (χ4v) is 6.48. The van der Waals surface area contributed by atoms with Gasteiger partial charge in [0.1, 0.15) is 11.2 Å². The van der Waals surface area contributed by atoms with Gasteiger partial charge in [0.2, 0.25) is 5.91 Å². The molecule has 1 N–H and O–H groups in total. The molecule has 0 bridgehead atoms. The van der Waals surface area contributed by atoms with E-state index in [2.05, 4.69) is 40.4 Å². The van der Waals surface area contributed by atoms with Gasteiger partial charge in [-0.25, -0.2) is 0 Å². The molecule has 0 radical (unpaired) electrons. The summed E-state index contributed by atoms with van der Waals surface area (Å²) in [5.41, 5.74) is 2.08. The van der Waals surface area contributed by atoms with Crippen molar-refractivity contribution >= 4 is 33.4 Å². The lowest BCUT2D eigenvalue weighted by Gasteiger charge is -2.47. The van der Waals surface area contributed by atoms with Crippen LogP contribution < -0.4 is 5.32 Å². The van der Waals surface area contributed by atoms with Crippen LogP contribution in [0.1, 0.15) is 68.4 Å². The Morgan fingerprint density at radius 1 is 1.18 bits per heavy atom. The molecule has 33 heavy (non-hydrogen) atoms. The predicted octanol–water partition coefficient (Wildman–Crippen LogP) is 5.39. The molecule has 2 aliphatic rings. The van der Waals surface area contributed by atoms with Crippen LogP contribution in [0.5, 0.6) is 0 Å². The van der Waals surface area contributed by atoms with Gasteiger partial charge in [0, 0.05) is 12.1 Å². The Kier molecular flexibility index (Phi) is 6.04. The van der Waals surface area contributed by atoms with E-state index in [1.165, 1.54) is 12.0 Å². The fraction of sp³-hybridized carbons (Fsp3) is 0.481. The number of benzene rings is 1. The molecule has 2 atom stereocenters. The molecule has 0 spiro atoms. The van der Waals surface area contributed by atoms with E-state index in [4.69, 9.17) is 0 Å². The van der Waals surface area contributed by atoms with Crippen molar-refractivity contribution in [2.75, 3.05) is 0 Å². The number of hydrogen-bond acceptors (Lipinski definition) is 3. The summed E-state index contributed by atoms with van der Waals surface area (Å²) in [6.45, 7) is 4.54. The SMILES string of the molecule is C[C@@H](CCc1ccccc1)N1C(=O)c2cc3sccc3n2C[C@@]1(C)C(=O)NC1CCCCC1. The van der Waals surface area contributed by atoms with E-state index < -0.39 is 5.54 Å². The molecular formula is C27H33N3O2S. The van der Waals surface area contributed by atoms with Crippen LogP contribution in [0.15, 0.2) is 47.8 Å². The summed E-state index contributed by atoms with van der Waals surface area (Å²) in [6, 6.07) is 14.6.